The summed E-state index contributed by atoms with van der Waals surface area (Å²) in [4.78, 5) is 12.3. The number of hydrogen-bond donors (Lipinski definition) is 0. The molecule has 0 aromatic heterocycles. The molecule has 0 aliphatic heterocycles. The summed E-state index contributed by atoms with van der Waals surface area (Å²) in [6, 6.07) is 15.6. The molecule has 204 valence electrons. The molecule has 0 heterocycles. The van der Waals surface area contributed by atoms with Crippen LogP contribution in [0.2, 0.25) is 0 Å². The molecular weight excluding hydrogens is 484 g/mol. The Morgan fingerprint density at radius 3 is 1.86 bits per heavy atom. The predicted molar refractivity (Wildman–Crippen MR) is 154 cm³/mol. The van der Waals surface area contributed by atoms with Crippen LogP contribution in [0.15, 0.2) is 61.4 Å². The standard InChI is InChI=1S/C32H45ClO4/c1-4-35-22-12-10-8-6-5-7-9-11-13-23-36-31-20-18-28(19-21-31)27-14-16-29(17-15-27)32(34)37-25-30(33)24-26(2)3/h4,14-21,26,30H,1,5-13,22-25H2,2-3H3/t30-/m0/s1. The molecule has 0 bridgehead atoms. The third-order valence-electron chi connectivity index (χ3n) is 6.22. The average molecular weight is 529 g/mol. The molecule has 37 heavy (non-hydrogen) atoms. The van der Waals surface area contributed by atoms with Gasteiger partial charge < -0.3 is 14.2 Å². The Morgan fingerprint density at radius 1 is 0.811 bits per heavy atom. The van der Waals surface area contributed by atoms with E-state index in [0.717, 1.165) is 49.4 Å². The second kappa shape index (κ2) is 18.7. The van der Waals surface area contributed by atoms with Gasteiger partial charge in [0.25, 0.3) is 0 Å². The molecule has 0 unspecified atom stereocenters. The maximum absolute atomic E-state index is 12.3. The molecule has 2 aromatic rings. The van der Waals surface area contributed by atoms with Crippen LogP contribution in [0.1, 0.15) is 88.4 Å². The molecule has 4 nitrogen and oxygen atoms in total. The number of carbonyl (C=O) groups excluding carboxylic acids is 1. The maximum Gasteiger partial charge on any atom is 0.338 e. The van der Waals surface area contributed by atoms with Crippen LogP contribution in [0.5, 0.6) is 5.75 Å². The summed E-state index contributed by atoms with van der Waals surface area (Å²) < 4.78 is 16.4. The van der Waals surface area contributed by atoms with E-state index < -0.39 is 0 Å². The first-order valence-corrected chi connectivity index (χ1v) is 14.3. The van der Waals surface area contributed by atoms with Crippen molar-refractivity contribution in [2.45, 2.75) is 83.4 Å². The van der Waals surface area contributed by atoms with Crippen LogP contribution in [-0.4, -0.2) is 31.2 Å². The first-order chi connectivity index (χ1) is 18.0. The second-order valence-electron chi connectivity index (χ2n) is 9.99. The predicted octanol–water partition coefficient (Wildman–Crippen LogP) is 9.21. The van der Waals surface area contributed by atoms with Crippen molar-refractivity contribution in [2.24, 2.45) is 5.92 Å². The Balaban J connectivity index is 1.60. The maximum atomic E-state index is 12.3. The summed E-state index contributed by atoms with van der Waals surface area (Å²) in [5.41, 5.74) is 2.66. The van der Waals surface area contributed by atoms with Gasteiger partial charge in [-0.1, -0.05) is 89.6 Å². The van der Waals surface area contributed by atoms with E-state index in [1.165, 1.54) is 51.2 Å². The Morgan fingerprint density at radius 2 is 1.32 bits per heavy atom. The van der Waals surface area contributed by atoms with E-state index in [2.05, 4.69) is 32.6 Å². The fourth-order valence-electron chi connectivity index (χ4n) is 4.17. The van der Waals surface area contributed by atoms with Gasteiger partial charge in [-0.2, -0.15) is 0 Å². The number of esters is 1. The van der Waals surface area contributed by atoms with Crippen molar-refractivity contribution in [3.05, 3.63) is 66.9 Å². The third kappa shape index (κ3) is 13.6. The van der Waals surface area contributed by atoms with E-state index in [9.17, 15) is 4.79 Å². The molecule has 0 spiro atoms. The summed E-state index contributed by atoms with van der Waals surface area (Å²) in [5, 5.41) is -0.155. The van der Waals surface area contributed by atoms with Crippen LogP contribution in [-0.2, 0) is 9.47 Å². The molecule has 0 saturated heterocycles. The third-order valence-corrected chi connectivity index (χ3v) is 6.53. The van der Waals surface area contributed by atoms with Gasteiger partial charge in [0.15, 0.2) is 0 Å². The number of alkyl halides is 1. The van der Waals surface area contributed by atoms with Gasteiger partial charge >= 0.3 is 5.97 Å². The molecule has 0 radical (unpaired) electrons. The Kier molecular flexibility index (Phi) is 15.6. The number of hydrogen-bond acceptors (Lipinski definition) is 4. The van der Waals surface area contributed by atoms with Crippen LogP contribution >= 0.6 is 11.6 Å². The molecule has 5 heteroatoms. The Bertz CT molecular complexity index is 877. The summed E-state index contributed by atoms with van der Waals surface area (Å²) in [6.07, 6.45) is 13.5. The highest BCUT2D eigenvalue weighted by Gasteiger charge is 2.13. The molecular formula is C32H45ClO4. The van der Waals surface area contributed by atoms with Crippen molar-refractivity contribution in [2.75, 3.05) is 19.8 Å². The normalized spacial score (nSPS) is 11.8. The van der Waals surface area contributed by atoms with Crippen molar-refractivity contribution >= 4 is 17.6 Å². The van der Waals surface area contributed by atoms with Gasteiger partial charge in [-0.25, -0.2) is 4.79 Å². The molecule has 2 aromatic carbocycles. The molecule has 2 rings (SSSR count). The van der Waals surface area contributed by atoms with Crippen molar-refractivity contribution in [1.29, 1.82) is 0 Å². The number of ether oxygens (including phenoxy) is 3. The molecule has 0 aliphatic rings. The van der Waals surface area contributed by atoms with Crippen molar-refractivity contribution in [1.82, 2.24) is 0 Å². The molecule has 1 atom stereocenters. The summed E-state index contributed by atoms with van der Waals surface area (Å²) in [6.45, 7) is 9.54. The number of carbonyl (C=O) groups is 1. The summed E-state index contributed by atoms with van der Waals surface area (Å²) in [5.74, 6) is 1.03. The van der Waals surface area contributed by atoms with Gasteiger partial charge in [-0.05, 0) is 60.6 Å². The zero-order valence-corrected chi connectivity index (χ0v) is 23.5. The van der Waals surface area contributed by atoms with E-state index in [1.807, 2.05) is 24.3 Å². The number of halogens is 1. The number of unbranched alkanes of at least 4 members (excludes halogenated alkanes) is 8. The van der Waals surface area contributed by atoms with E-state index >= 15 is 0 Å². The lowest BCUT2D eigenvalue weighted by Gasteiger charge is -2.12. The zero-order valence-electron chi connectivity index (χ0n) is 22.8. The minimum absolute atomic E-state index is 0.155. The van der Waals surface area contributed by atoms with E-state index in [0.29, 0.717) is 11.5 Å². The fraction of sp³-hybridized carbons (Fsp3) is 0.531. The smallest absolute Gasteiger partial charge is 0.338 e. The largest absolute Gasteiger partial charge is 0.502 e. The topological polar surface area (TPSA) is 44.8 Å². The van der Waals surface area contributed by atoms with E-state index in [4.69, 9.17) is 25.8 Å². The summed E-state index contributed by atoms with van der Waals surface area (Å²) >= 11 is 6.22. The lowest BCUT2D eigenvalue weighted by Crippen LogP contribution is -2.16. The minimum Gasteiger partial charge on any atom is -0.502 e. The monoisotopic (exact) mass is 528 g/mol. The van der Waals surface area contributed by atoms with E-state index in [1.54, 1.807) is 12.1 Å². The van der Waals surface area contributed by atoms with Crippen molar-refractivity contribution in [3.63, 3.8) is 0 Å². The van der Waals surface area contributed by atoms with Gasteiger partial charge in [0, 0.05) is 0 Å². The highest BCUT2D eigenvalue weighted by Crippen LogP contribution is 2.23. The molecule has 0 amide bonds. The Labute approximate surface area is 229 Å². The SMILES string of the molecule is C=COCCCCCCCCCCCOc1ccc(-c2ccc(C(=O)OC[C@@H](Cl)CC(C)C)cc2)cc1. The van der Waals surface area contributed by atoms with Gasteiger partial charge in [0.2, 0.25) is 0 Å². The number of rotatable bonds is 20. The minimum atomic E-state index is -0.338. The van der Waals surface area contributed by atoms with Gasteiger partial charge in [-0.15, -0.1) is 11.6 Å². The zero-order chi connectivity index (χ0) is 26.7. The van der Waals surface area contributed by atoms with Crippen LogP contribution in [0.25, 0.3) is 11.1 Å². The fourth-order valence-corrected chi connectivity index (χ4v) is 4.59. The highest BCUT2D eigenvalue weighted by atomic mass is 35.5. The molecule has 0 fully saturated rings. The first kappa shape index (κ1) is 30.8. The van der Waals surface area contributed by atoms with Crippen LogP contribution < -0.4 is 4.74 Å². The average Bonchev–Trinajstić information content (AvgIpc) is 2.90. The van der Waals surface area contributed by atoms with Gasteiger partial charge in [0.1, 0.15) is 12.4 Å². The highest BCUT2D eigenvalue weighted by molar-refractivity contribution is 6.20. The second-order valence-corrected chi connectivity index (χ2v) is 10.6. The molecule has 0 saturated carbocycles. The quantitative estimate of drug-likeness (QED) is 0.0743. The lowest BCUT2D eigenvalue weighted by atomic mass is 10.0. The number of benzene rings is 2. The van der Waals surface area contributed by atoms with Crippen LogP contribution in [0, 0.1) is 5.92 Å². The molecule has 0 aliphatic carbocycles. The first-order valence-electron chi connectivity index (χ1n) is 13.9. The van der Waals surface area contributed by atoms with Gasteiger partial charge in [-0.3, -0.25) is 0 Å². The van der Waals surface area contributed by atoms with Crippen LogP contribution in [0.3, 0.4) is 0 Å². The van der Waals surface area contributed by atoms with E-state index in [-0.39, 0.29) is 18.0 Å². The molecule has 0 N–H and O–H groups in total. The lowest BCUT2D eigenvalue weighted by molar-refractivity contribution is 0.0498. The van der Waals surface area contributed by atoms with Crippen LogP contribution in [0.4, 0.5) is 0 Å². The van der Waals surface area contributed by atoms with Gasteiger partial charge in [0.05, 0.1) is 30.4 Å². The summed E-state index contributed by atoms with van der Waals surface area (Å²) in [7, 11) is 0. The van der Waals surface area contributed by atoms with Crippen molar-refractivity contribution < 1.29 is 19.0 Å². The Hall–Kier alpha value is -2.46. The van der Waals surface area contributed by atoms with Crippen molar-refractivity contribution in [3.8, 4) is 16.9 Å².